The van der Waals surface area contributed by atoms with Gasteiger partial charge in [-0.15, -0.1) is 0 Å². The summed E-state index contributed by atoms with van der Waals surface area (Å²) in [6.07, 6.45) is 5.70. The molecule has 3 nitrogen and oxygen atoms in total. The van der Waals surface area contributed by atoms with Crippen LogP contribution in [0.4, 0.5) is 5.69 Å². The molecule has 3 heteroatoms. The van der Waals surface area contributed by atoms with Crippen molar-refractivity contribution in [2.24, 2.45) is 0 Å². The Morgan fingerprint density at radius 2 is 2.14 bits per heavy atom. The lowest BCUT2D eigenvalue weighted by atomic mass is 9.97. The van der Waals surface area contributed by atoms with E-state index in [1.807, 2.05) is 19.1 Å². The Morgan fingerprint density at radius 3 is 2.81 bits per heavy atom. The molecular formula is C18H28N2O. The third-order valence-corrected chi connectivity index (χ3v) is 4.40. The molecule has 0 aliphatic carbocycles. The van der Waals surface area contributed by atoms with Crippen LogP contribution in [0.3, 0.4) is 0 Å². The first kappa shape index (κ1) is 15.9. The van der Waals surface area contributed by atoms with Gasteiger partial charge in [-0.3, -0.25) is 4.79 Å². The Kier molecular flexibility index (Phi) is 5.66. The number of carbonyl (C=O) groups is 1. The topological polar surface area (TPSA) is 32.3 Å². The summed E-state index contributed by atoms with van der Waals surface area (Å²) in [5, 5.41) is 3.38. The van der Waals surface area contributed by atoms with Crippen LogP contribution in [0.1, 0.15) is 61.9 Å². The fraction of sp³-hybridized carbons (Fsp3) is 0.611. The summed E-state index contributed by atoms with van der Waals surface area (Å²) in [6, 6.07) is 6.52. The van der Waals surface area contributed by atoms with Crippen molar-refractivity contribution in [1.82, 2.24) is 4.90 Å². The van der Waals surface area contributed by atoms with Crippen LogP contribution in [0.5, 0.6) is 0 Å². The van der Waals surface area contributed by atoms with Gasteiger partial charge in [0.1, 0.15) is 0 Å². The van der Waals surface area contributed by atoms with E-state index in [4.69, 9.17) is 0 Å². The van der Waals surface area contributed by atoms with E-state index < -0.39 is 0 Å². The zero-order valence-electron chi connectivity index (χ0n) is 13.6. The van der Waals surface area contributed by atoms with Crippen LogP contribution in [0, 0.1) is 6.92 Å². The molecule has 1 aliphatic heterocycles. The Morgan fingerprint density at radius 1 is 1.33 bits per heavy atom. The summed E-state index contributed by atoms with van der Waals surface area (Å²) in [7, 11) is 0. The maximum atomic E-state index is 12.8. The number of piperidine rings is 1. The standard InChI is InChI=1S/C18H28N2O/c1-4-11-19-15-9-10-17(14(3)13-15)18(21)20-12-7-6-8-16(20)5-2/h9-10,13,16,19H,4-8,11-12H2,1-3H3. The van der Waals surface area contributed by atoms with Crippen molar-refractivity contribution in [3.8, 4) is 0 Å². The summed E-state index contributed by atoms with van der Waals surface area (Å²) in [5.74, 6) is 0.209. The molecule has 1 unspecified atom stereocenters. The summed E-state index contributed by atoms with van der Waals surface area (Å²) in [4.78, 5) is 14.9. The maximum absolute atomic E-state index is 12.8. The van der Waals surface area contributed by atoms with E-state index in [0.29, 0.717) is 6.04 Å². The van der Waals surface area contributed by atoms with Gasteiger partial charge in [0.15, 0.2) is 0 Å². The Bertz CT molecular complexity index is 484. The van der Waals surface area contributed by atoms with E-state index >= 15 is 0 Å². The molecular weight excluding hydrogens is 260 g/mol. The first-order valence-electron chi connectivity index (χ1n) is 8.32. The third kappa shape index (κ3) is 3.78. The first-order chi connectivity index (χ1) is 10.2. The van der Waals surface area contributed by atoms with Crippen molar-refractivity contribution in [3.05, 3.63) is 29.3 Å². The van der Waals surface area contributed by atoms with Crippen LogP contribution in [-0.2, 0) is 0 Å². The quantitative estimate of drug-likeness (QED) is 0.879. The fourth-order valence-corrected chi connectivity index (χ4v) is 3.13. The molecule has 1 saturated heterocycles. The van der Waals surface area contributed by atoms with Gasteiger partial charge < -0.3 is 10.2 Å². The summed E-state index contributed by atoms with van der Waals surface area (Å²) in [5.41, 5.74) is 3.04. The predicted molar refractivity (Wildman–Crippen MR) is 88.9 cm³/mol. The molecule has 1 aromatic rings. The average molecular weight is 288 g/mol. The highest BCUT2D eigenvalue weighted by atomic mass is 16.2. The van der Waals surface area contributed by atoms with Gasteiger partial charge in [-0.1, -0.05) is 13.8 Å². The van der Waals surface area contributed by atoms with Crippen LogP contribution in [0.2, 0.25) is 0 Å². The first-order valence-corrected chi connectivity index (χ1v) is 8.32. The second kappa shape index (κ2) is 7.48. The number of hydrogen-bond donors (Lipinski definition) is 1. The molecule has 1 amide bonds. The lowest BCUT2D eigenvalue weighted by Gasteiger charge is -2.35. The highest BCUT2D eigenvalue weighted by Crippen LogP contribution is 2.24. The Balaban J connectivity index is 2.14. The number of rotatable bonds is 5. The molecule has 2 rings (SSSR count). The van der Waals surface area contributed by atoms with Crippen LogP contribution in [0.15, 0.2) is 18.2 Å². The molecule has 0 aromatic heterocycles. The zero-order valence-corrected chi connectivity index (χ0v) is 13.6. The van der Waals surface area contributed by atoms with E-state index in [-0.39, 0.29) is 5.91 Å². The number of benzene rings is 1. The van der Waals surface area contributed by atoms with Crippen molar-refractivity contribution < 1.29 is 4.79 Å². The number of likely N-dealkylation sites (tertiary alicyclic amines) is 1. The molecule has 1 heterocycles. The molecule has 21 heavy (non-hydrogen) atoms. The van der Waals surface area contributed by atoms with E-state index in [9.17, 15) is 4.79 Å². The average Bonchev–Trinajstić information content (AvgIpc) is 2.52. The molecule has 1 aliphatic rings. The molecule has 1 N–H and O–H groups in total. The molecule has 1 atom stereocenters. The van der Waals surface area contributed by atoms with Gasteiger partial charge in [0.25, 0.3) is 5.91 Å². The van der Waals surface area contributed by atoms with Crippen molar-refractivity contribution in [2.75, 3.05) is 18.4 Å². The largest absolute Gasteiger partial charge is 0.385 e. The molecule has 116 valence electrons. The number of carbonyl (C=O) groups excluding carboxylic acids is 1. The zero-order chi connectivity index (χ0) is 15.2. The summed E-state index contributed by atoms with van der Waals surface area (Å²) < 4.78 is 0. The number of aryl methyl sites for hydroxylation is 1. The number of nitrogens with one attached hydrogen (secondary N) is 1. The Hall–Kier alpha value is -1.51. The van der Waals surface area contributed by atoms with Crippen molar-refractivity contribution in [2.45, 2.75) is 58.9 Å². The number of hydrogen-bond acceptors (Lipinski definition) is 2. The number of amides is 1. The lowest BCUT2D eigenvalue weighted by molar-refractivity contribution is 0.0607. The van der Waals surface area contributed by atoms with E-state index in [0.717, 1.165) is 55.6 Å². The van der Waals surface area contributed by atoms with Gasteiger partial charge in [0.2, 0.25) is 0 Å². The molecule has 0 saturated carbocycles. The van der Waals surface area contributed by atoms with Crippen LogP contribution in [0.25, 0.3) is 0 Å². The smallest absolute Gasteiger partial charge is 0.254 e. The van der Waals surface area contributed by atoms with Crippen molar-refractivity contribution in [1.29, 1.82) is 0 Å². The third-order valence-electron chi connectivity index (χ3n) is 4.40. The summed E-state index contributed by atoms with van der Waals surface area (Å²) in [6.45, 7) is 8.25. The normalized spacial score (nSPS) is 18.6. The molecule has 1 aromatic carbocycles. The molecule has 0 radical (unpaired) electrons. The van der Waals surface area contributed by atoms with Gasteiger partial charge in [-0.05, 0) is 62.8 Å². The second-order valence-corrected chi connectivity index (χ2v) is 6.01. The molecule has 0 bridgehead atoms. The maximum Gasteiger partial charge on any atom is 0.254 e. The van der Waals surface area contributed by atoms with Gasteiger partial charge in [-0.25, -0.2) is 0 Å². The van der Waals surface area contributed by atoms with E-state index in [1.54, 1.807) is 0 Å². The van der Waals surface area contributed by atoms with Gasteiger partial charge in [-0.2, -0.15) is 0 Å². The van der Waals surface area contributed by atoms with Crippen LogP contribution < -0.4 is 5.32 Å². The SMILES string of the molecule is CCCNc1ccc(C(=O)N2CCCCC2CC)c(C)c1. The fourth-order valence-electron chi connectivity index (χ4n) is 3.13. The highest BCUT2D eigenvalue weighted by molar-refractivity contribution is 5.96. The molecule has 0 spiro atoms. The van der Waals surface area contributed by atoms with Crippen LogP contribution >= 0.6 is 0 Å². The minimum Gasteiger partial charge on any atom is -0.385 e. The lowest BCUT2D eigenvalue weighted by Crippen LogP contribution is -2.43. The predicted octanol–water partition coefficient (Wildman–Crippen LogP) is 4.22. The van der Waals surface area contributed by atoms with Gasteiger partial charge in [0, 0.05) is 30.4 Å². The van der Waals surface area contributed by atoms with E-state index in [2.05, 4.69) is 30.1 Å². The summed E-state index contributed by atoms with van der Waals surface area (Å²) >= 11 is 0. The number of nitrogens with zero attached hydrogens (tertiary/aromatic N) is 1. The van der Waals surface area contributed by atoms with Gasteiger partial charge in [0.05, 0.1) is 0 Å². The minimum absolute atomic E-state index is 0.209. The van der Waals surface area contributed by atoms with Gasteiger partial charge >= 0.3 is 0 Å². The Labute approximate surface area is 128 Å². The molecule has 1 fully saturated rings. The highest BCUT2D eigenvalue weighted by Gasteiger charge is 2.26. The minimum atomic E-state index is 0.209. The van der Waals surface area contributed by atoms with Crippen molar-refractivity contribution in [3.63, 3.8) is 0 Å². The second-order valence-electron chi connectivity index (χ2n) is 6.01. The van der Waals surface area contributed by atoms with E-state index in [1.165, 1.54) is 6.42 Å². The van der Waals surface area contributed by atoms with Crippen LogP contribution in [-0.4, -0.2) is 29.9 Å². The van der Waals surface area contributed by atoms with Crippen molar-refractivity contribution >= 4 is 11.6 Å². The monoisotopic (exact) mass is 288 g/mol. The number of anilines is 1.